The molecule has 0 unspecified atom stereocenters. The first-order valence-electron chi connectivity index (χ1n) is 5.39. The third-order valence-electron chi connectivity index (χ3n) is 2.83. The van der Waals surface area contributed by atoms with E-state index in [1.807, 2.05) is 14.0 Å². The van der Waals surface area contributed by atoms with Gasteiger partial charge in [-0.25, -0.2) is 9.78 Å². The van der Waals surface area contributed by atoms with Crippen molar-refractivity contribution in [3.05, 3.63) is 12.2 Å². The summed E-state index contributed by atoms with van der Waals surface area (Å²) in [5.74, 6) is -0.0386. The van der Waals surface area contributed by atoms with Gasteiger partial charge in [0, 0.05) is 20.1 Å². The molecule has 0 amide bonds. The van der Waals surface area contributed by atoms with Crippen molar-refractivity contribution in [2.24, 2.45) is 7.05 Å². The second-order valence-electron chi connectivity index (χ2n) is 4.58. The fraction of sp³-hybridized carbons (Fsp3) is 0.700. The predicted molar refractivity (Wildman–Crippen MR) is 58.3 cm³/mol. The van der Waals surface area contributed by atoms with E-state index in [0.717, 1.165) is 5.82 Å². The second kappa shape index (κ2) is 4.42. The van der Waals surface area contributed by atoms with E-state index in [2.05, 4.69) is 15.0 Å². The molecule has 17 heavy (non-hydrogen) atoms. The summed E-state index contributed by atoms with van der Waals surface area (Å²) in [6.45, 7) is 3.82. The Morgan fingerprint density at radius 1 is 1.65 bits per heavy atom. The Kier molecular flexibility index (Phi) is 3.12. The van der Waals surface area contributed by atoms with Gasteiger partial charge in [-0.3, -0.25) is 9.58 Å². The second-order valence-corrected chi connectivity index (χ2v) is 4.58. The third kappa shape index (κ3) is 2.80. The van der Waals surface area contributed by atoms with Gasteiger partial charge in [0.15, 0.2) is 0 Å². The fourth-order valence-corrected chi connectivity index (χ4v) is 2.00. The normalized spacial score (nSPS) is 18.9. The molecule has 0 spiro atoms. The first-order valence-corrected chi connectivity index (χ1v) is 5.39. The van der Waals surface area contributed by atoms with Gasteiger partial charge in [0.25, 0.3) is 0 Å². The first kappa shape index (κ1) is 12.0. The Morgan fingerprint density at radius 2 is 2.35 bits per heavy atom. The number of carboxylic acid groups (broad SMARTS) is 1. The quantitative estimate of drug-likeness (QED) is 0.746. The van der Waals surface area contributed by atoms with E-state index in [4.69, 9.17) is 9.84 Å². The molecule has 2 heterocycles. The van der Waals surface area contributed by atoms with Crippen LogP contribution in [0.3, 0.4) is 0 Å². The van der Waals surface area contributed by atoms with Crippen LogP contribution in [-0.2, 0) is 23.1 Å². The van der Waals surface area contributed by atoms with Crippen LogP contribution in [-0.4, -0.2) is 56.0 Å². The molecule has 7 heteroatoms. The van der Waals surface area contributed by atoms with Crippen molar-refractivity contribution in [1.29, 1.82) is 0 Å². The zero-order valence-electron chi connectivity index (χ0n) is 9.96. The highest BCUT2D eigenvalue weighted by molar-refractivity contribution is 5.68. The SMILES string of the molecule is Cn1ncnc1CN1CC(C)(OCC(=O)O)C1. The van der Waals surface area contributed by atoms with Gasteiger partial charge >= 0.3 is 5.97 Å². The van der Waals surface area contributed by atoms with Gasteiger partial charge in [0.05, 0.1) is 12.1 Å². The number of likely N-dealkylation sites (tertiary alicyclic amines) is 1. The lowest BCUT2D eigenvalue weighted by atomic mass is 9.96. The van der Waals surface area contributed by atoms with Crippen LogP contribution in [0.4, 0.5) is 0 Å². The number of carbonyl (C=O) groups is 1. The third-order valence-corrected chi connectivity index (χ3v) is 2.83. The van der Waals surface area contributed by atoms with E-state index in [0.29, 0.717) is 19.6 Å². The minimum Gasteiger partial charge on any atom is -0.480 e. The number of hydrogen-bond acceptors (Lipinski definition) is 5. The lowest BCUT2D eigenvalue weighted by Gasteiger charge is -2.47. The Morgan fingerprint density at radius 3 is 2.88 bits per heavy atom. The topological polar surface area (TPSA) is 80.5 Å². The molecule has 0 bridgehead atoms. The van der Waals surface area contributed by atoms with Crippen LogP contribution in [0.2, 0.25) is 0 Å². The molecule has 0 saturated carbocycles. The van der Waals surface area contributed by atoms with Crippen LogP contribution in [0.15, 0.2) is 6.33 Å². The monoisotopic (exact) mass is 240 g/mol. The first-order chi connectivity index (χ1) is 7.98. The summed E-state index contributed by atoms with van der Waals surface area (Å²) in [5, 5.41) is 12.5. The van der Waals surface area contributed by atoms with Crippen LogP contribution in [0, 0.1) is 0 Å². The van der Waals surface area contributed by atoms with Crippen LogP contribution in [0.1, 0.15) is 12.7 Å². The minimum atomic E-state index is -0.932. The van der Waals surface area contributed by atoms with Gasteiger partial charge in [-0.2, -0.15) is 5.10 Å². The number of aromatic nitrogens is 3. The Hall–Kier alpha value is -1.47. The number of rotatable bonds is 5. The number of hydrogen-bond donors (Lipinski definition) is 1. The Labute approximate surface area is 99.0 Å². The average Bonchev–Trinajstić information content (AvgIpc) is 2.59. The lowest BCUT2D eigenvalue weighted by Crippen LogP contribution is -2.61. The molecule has 94 valence electrons. The Balaban J connectivity index is 1.78. The largest absolute Gasteiger partial charge is 0.480 e. The Bertz CT molecular complexity index is 411. The summed E-state index contributed by atoms with van der Waals surface area (Å²) < 4.78 is 7.05. The van der Waals surface area contributed by atoms with E-state index < -0.39 is 5.97 Å². The molecule has 1 fully saturated rings. The van der Waals surface area contributed by atoms with Gasteiger partial charge < -0.3 is 9.84 Å². The van der Waals surface area contributed by atoms with Gasteiger partial charge in [-0.1, -0.05) is 0 Å². The van der Waals surface area contributed by atoms with Crippen LogP contribution < -0.4 is 0 Å². The molecule has 1 N–H and O–H groups in total. The summed E-state index contributed by atoms with van der Waals surface area (Å²) in [4.78, 5) is 16.7. The van der Waals surface area contributed by atoms with Crippen molar-refractivity contribution in [3.63, 3.8) is 0 Å². The van der Waals surface area contributed by atoms with Gasteiger partial charge in [0.1, 0.15) is 18.8 Å². The minimum absolute atomic E-state index is 0.242. The molecular formula is C10H16N4O3. The van der Waals surface area contributed by atoms with Crippen molar-refractivity contribution in [1.82, 2.24) is 19.7 Å². The standard InChI is InChI=1S/C10H16N4O3/c1-10(17-4-9(15)16)5-14(6-10)3-8-11-7-12-13(8)2/h7H,3-6H2,1-2H3,(H,15,16). The number of ether oxygens (including phenoxy) is 1. The van der Waals surface area contributed by atoms with Gasteiger partial charge in [-0.05, 0) is 6.92 Å². The van der Waals surface area contributed by atoms with Crippen molar-refractivity contribution in [2.75, 3.05) is 19.7 Å². The maximum absolute atomic E-state index is 10.4. The maximum Gasteiger partial charge on any atom is 0.329 e. The predicted octanol–water partition coefficient (Wildman–Crippen LogP) is -0.509. The van der Waals surface area contributed by atoms with Gasteiger partial charge in [0.2, 0.25) is 0 Å². The lowest BCUT2D eigenvalue weighted by molar-refractivity contribution is -0.166. The van der Waals surface area contributed by atoms with E-state index in [-0.39, 0.29) is 12.2 Å². The molecule has 0 radical (unpaired) electrons. The highest BCUT2D eigenvalue weighted by atomic mass is 16.5. The van der Waals surface area contributed by atoms with Gasteiger partial charge in [-0.15, -0.1) is 0 Å². The molecule has 1 aromatic rings. The van der Waals surface area contributed by atoms with Crippen molar-refractivity contribution < 1.29 is 14.6 Å². The van der Waals surface area contributed by atoms with Crippen molar-refractivity contribution >= 4 is 5.97 Å². The summed E-state index contributed by atoms with van der Waals surface area (Å²) in [7, 11) is 1.85. The summed E-state index contributed by atoms with van der Waals surface area (Å²) in [5.41, 5.74) is -0.350. The number of carboxylic acids is 1. The molecule has 2 rings (SSSR count). The highest BCUT2D eigenvalue weighted by Crippen LogP contribution is 2.25. The molecule has 1 saturated heterocycles. The van der Waals surface area contributed by atoms with E-state index >= 15 is 0 Å². The maximum atomic E-state index is 10.4. The molecule has 0 aliphatic carbocycles. The summed E-state index contributed by atoms with van der Waals surface area (Å²) in [6, 6.07) is 0. The molecule has 7 nitrogen and oxygen atoms in total. The highest BCUT2D eigenvalue weighted by Gasteiger charge is 2.40. The van der Waals surface area contributed by atoms with Crippen LogP contribution in [0.5, 0.6) is 0 Å². The molecule has 0 aromatic carbocycles. The number of nitrogens with zero attached hydrogens (tertiary/aromatic N) is 4. The fourth-order valence-electron chi connectivity index (χ4n) is 2.00. The smallest absolute Gasteiger partial charge is 0.329 e. The van der Waals surface area contributed by atoms with E-state index in [1.54, 1.807) is 4.68 Å². The summed E-state index contributed by atoms with van der Waals surface area (Å²) in [6.07, 6.45) is 1.52. The van der Waals surface area contributed by atoms with Crippen molar-refractivity contribution in [2.45, 2.75) is 19.1 Å². The molecular weight excluding hydrogens is 224 g/mol. The summed E-state index contributed by atoms with van der Waals surface area (Å²) >= 11 is 0. The van der Waals surface area contributed by atoms with E-state index in [1.165, 1.54) is 6.33 Å². The zero-order valence-corrected chi connectivity index (χ0v) is 9.96. The molecule has 1 aliphatic rings. The van der Waals surface area contributed by atoms with Crippen LogP contribution in [0.25, 0.3) is 0 Å². The zero-order chi connectivity index (χ0) is 12.5. The number of aryl methyl sites for hydroxylation is 1. The van der Waals surface area contributed by atoms with Crippen molar-refractivity contribution in [3.8, 4) is 0 Å². The molecule has 0 atom stereocenters. The van der Waals surface area contributed by atoms with E-state index in [9.17, 15) is 4.79 Å². The number of aliphatic carboxylic acids is 1. The average molecular weight is 240 g/mol. The molecule has 1 aliphatic heterocycles. The van der Waals surface area contributed by atoms with Crippen LogP contribution >= 0.6 is 0 Å². The molecule has 1 aromatic heterocycles.